The molecule has 0 aliphatic carbocycles. The van der Waals surface area contributed by atoms with Crippen molar-refractivity contribution < 1.29 is 9.59 Å². The van der Waals surface area contributed by atoms with E-state index in [2.05, 4.69) is 40.5 Å². The summed E-state index contributed by atoms with van der Waals surface area (Å²) in [6.07, 6.45) is 3.98. The molecule has 4 rings (SSSR count). The molecule has 0 saturated heterocycles. The summed E-state index contributed by atoms with van der Waals surface area (Å²) in [4.78, 5) is 26.5. The molecule has 6 nitrogen and oxygen atoms in total. The smallest absolute Gasteiger partial charge is 0.318 e. The molecule has 2 N–H and O–H groups in total. The monoisotopic (exact) mass is 390 g/mol. The second-order valence-electron chi connectivity index (χ2n) is 7.43. The molecule has 0 spiro atoms. The van der Waals surface area contributed by atoms with Gasteiger partial charge in [0, 0.05) is 42.4 Å². The normalized spacial score (nSPS) is 13.2. The highest BCUT2D eigenvalue weighted by molar-refractivity contribution is 5.96. The van der Waals surface area contributed by atoms with Gasteiger partial charge in [-0.15, -0.1) is 0 Å². The average Bonchev–Trinajstić information content (AvgIpc) is 3.14. The second kappa shape index (κ2) is 8.39. The van der Waals surface area contributed by atoms with Crippen LogP contribution in [-0.4, -0.2) is 34.5 Å². The van der Waals surface area contributed by atoms with Gasteiger partial charge >= 0.3 is 6.03 Å². The highest BCUT2D eigenvalue weighted by Gasteiger charge is 2.20. The van der Waals surface area contributed by atoms with Gasteiger partial charge in [-0.3, -0.25) is 4.79 Å². The van der Waals surface area contributed by atoms with Crippen molar-refractivity contribution in [3.63, 3.8) is 0 Å². The highest BCUT2D eigenvalue weighted by Crippen LogP contribution is 2.21. The first kappa shape index (κ1) is 19.1. The topological polar surface area (TPSA) is 66.4 Å². The van der Waals surface area contributed by atoms with Crippen LogP contribution in [0, 0.1) is 0 Å². The van der Waals surface area contributed by atoms with E-state index in [1.165, 1.54) is 11.1 Å². The number of urea groups is 1. The molecule has 1 aliphatic rings. The minimum Gasteiger partial charge on any atom is -0.347 e. The van der Waals surface area contributed by atoms with Gasteiger partial charge in [0.25, 0.3) is 0 Å². The van der Waals surface area contributed by atoms with Crippen LogP contribution in [0.4, 0.5) is 10.5 Å². The Kier molecular flexibility index (Phi) is 5.51. The van der Waals surface area contributed by atoms with Crippen LogP contribution >= 0.6 is 0 Å². The molecule has 2 heterocycles. The van der Waals surface area contributed by atoms with Crippen molar-refractivity contribution in [1.29, 1.82) is 0 Å². The van der Waals surface area contributed by atoms with Crippen molar-refractivity contribution in [2.24, 2.45) is 0 Å². The van der Waals surface area contributed by atoms with Crippen molar-refractivity contribution in [2.45, 2.75) is 32.9 Å². The van der Waals surface area contributed by atoms with Gasteiger partial charge in [-0.05, 0) is 48.2 Å². The molecule has 1 aliphatic heterocycles. The number of anilines is 1. The molecule has 2 aromatic carbocycles. The molecule has 29 heavy (non-hydrogen) atoms. The Morgan fingerprint density at radius 2 is 1.90 bits per heavy atom. The first-order chi connectivity index (χ1) is 14.1. The molecule has 0 unspecified atom stereocenters. The maximum Gasteiger partial charge on any atom is 0.318 e. The fourth-order valence-corrected chi connectivity index (χ4v) is 3.86. The Bertz CT molecular complexity index is 1040. The number of rotatable bonds is 5. The van der Waals surface area contributed by atoms with Crippen molar-refractivity contribution >= 4 is 28.5 Å². The number of aryl methyl sites for hydroxylation is 1. The SMILES string of the molecule is CCCn1ccc2cc(NC(=O)CNC(=O)N3CCc4ccccc4C3)ccc21. The molecule has 6 heteroatoms. The van der Waals surface area contributed by atoms with Crippen LogP contribution in [0.15, 0.2) is 54.7 Å². The third kappa shape index (κ3) is 4.26. The van der Waals surface area contributed by atoms with Crippen LogP contribution in [0.25, 0.3) is 10.9 Å². The maximum atomic E-state index is 12.4. The Hall–Kier alpha value is -3.28. The van der Waals surface area contributed by atoms with Gasteiger partial charge in [-0.25, -0.2) is 4.79 Å². The molecule has 0 atom stereocenters. The predicted molar refractivity (Wildman–Crippen MR) is 115 cm³/mol. The molecule has 150 valence electrons. The third-order valence-corrected chi connectivity index (χ3v) is 5.34. The largest absolute Gasteiger partial charge is 0.347 e. The van der Waals surface area contributed by atoms with Crippen LogP contribution in [0.5, 0.6) is 0 Å². The number of hydrogen-bond acceptors (Lipinski definition) is 2. The first-order valence-corrected chi connectivity index (χ1v) is 10.1. The number of nitrogens with zero attached hydrogens (tertiary/aromatic N) is 2. The van der Waals surface area contributed by atoms with Gasteiger partial charge in [-0.1, -0.05) is 31.2 Å². The molecular weight excluding hydrogens is 364 g/mol. The first-order valence-electron chi connectivity index (χ1n) is 10.1. The van der Waals surface area contributed by atoms with Crippen LogP contribution in [0.2, 0.25) is 0 Å². The van der Waals surface area contributed by atoms with Crippen LogP contribution in [0.3, 0.4) is 0 Å². The number of carbonyl (C=O) groups excluding carboxylic acids is 2. The molecule has 0 bridgehead atoms. The summed E-state index contributed by atoms with van der Waals surface area (Å²) in [5, 5.41) is 6.69. The summed E-state index contributed by atoms with van der Waals surface area (Å²) in [6, 6.07) is 15.9. The van der Waals surface area contributed by atoms with E-state index in [0.717, 1.165) is 36.0 Å². The number of benzene rings is 2. The van der Waals surface area contributed by atoms with E-state index in [1.54, 1.807) is 4.90 Å². The molecule has 1 aromatic heterocycles. The lowest BCUT2D eigenvalue weighted by molar-refractivity contribution is -0.115. The summed E-state index contributed by atoms with van der Waals surface area (Å²) in [5.41, 5.74) is 4.35. The minimum atomic E-state index is -0.233. The lowest BCUT2D eigenvalue weighted by Crippen LogP contribution is -2.45. The third-order valence-electron chi connectivity index (χ3n) is 5.34. The molecule has 3 aromatic rings. The zero-order chi connectivity index (χ0) is 20.2. The van der Waals surface area contributed by atoms with Crippen molar-refractivity contribution in [3.05, 3.63) is 65.9 Å². The van der Waals surface area contributed by atoms with Crippen LogP contribution < -0.4 is 10.6 Å². The predicted octanol–water partition coefficient (Wildman–Crippen LogP) is 3.76. The summed E-state index contributed by atoms with van der Waals surface area (Å²) in [7, 11) is 0. The fraction of sp³-hybridized carbons (Fsp3) is 0.304. The maximum absolute atomic E-state index is 12.4. The molecular formula is C23H26N4O2. The van der Waals surface area contributed by atoms with Crippen molar-refractivity contribution in [3.8, 4) is 0 Å². The lowest BCUT2D eigenvalue weighted by Gasteiger charge is -2.28. The van der Waals surface area contributed by atoms with E-state index >= 15 is 0 Å². The van der Waals surface area contributed by atoms with Gasteiger partial charge in [0.2, 0.25) is 5.91 Å². The summed E-state index contributed by atoms with van der Waals surface area (Å²) in [5.74, 6) is -0.233. The Morgan fingerprint density at radius 3 is 2.72 bits per heavy atom. The summed E-state index contributed by atoms with van der Waals surface area (Å²) < 4.78 is 2.21. The number of aromatic nitrogens is 1. The number of nitrogens with one attached hydrogen (secondary N) is 2. The van der Waals surface area contributed by atoms with E-state index in [9.17, 15) is 9.59 Å². The number of fused-ring (bicyclic) bond motifs is 2. The number of amides is 3. The Labute approximate surface area is 170 Å². The zero-order valence-corrected chi connectivity index (χ0v) is 16.6. The molecule has 0 fully saturated rings. The van der Waals surface area contributed by atoms with Crippen LogP contribution in [0.1, 0.15) is 24.5 Å². The zero-order valence-electron chi connectivity index (χ0n) is 16.6. The van der Waals surface area contributed by atoms with Gasteiger partial charge < -0.3 is 20.1 Å². The van der Waals surface area contributed by atoms with Crippen molar-refractivity contribution in [1.82, 2.24) is 14.8 Å². The van der Waals surface area contributed by atoms with Crippen molar-refractivity contribution in [2.75, 3.05) is 18.4 Å². The summed E-state index contributed by atoms with van der Waals surface area (Å²) in [6.45, 7) is 4.32. The number of hydrogen-bond donors (Lipinski definition) is 2. The van der Waals surface area contributed by atoms with E-state index in [4.69, 9.17) is 0 Å². The van der Waals surface area contributed by atoms with Gasteiger partial charge in [-0.2, -0.15) is 0 Å². The minimum absolute atomic E-state index is 0.0497. The van der Waals surface area contributed by atoms with Gasteiger partial charge in [0.15, 0.2) is 0 Å². The Morgan fingerprint density at radius 1 is 1.07 bits per heavy atom. The van der Waals surface area contributed by atoms with Crippen LogP contribution in [-0.2, 0) is 24.3 Å². The standard InChI is InChI=1S/C23H26N4O2/c1-2-11-26-12-10-18-14-20(7-8-21(18)26)25-22(28)15-24-23(29)27-13-9-17-5-3-4-6-19(17)16-27/h3-8,10,12,14H,2,9,11,13,15-16H2,1H3,(H,24,29)(H,25,28). The highest BCUT2D eigenvalue weighted by atomic mass is 16.2. The molecule has 0 radical (unpaired) electrons. The van der Waals surface area contributed by atoms with Gasteiger partial charge in [0.1, 0.15) is 0 Å². The van der Waals surface area contributed by atoms with E-state index in [1.807, 2.05) is 36.4 Å². The van der Waals surface area contributed by atoms with E-state index in [0.29, 0.717) is 13.1 Å². The van der Waals surface area contributed by atoms with Gasteiger partial charge in [0.05, 0.1) is 6.54 Å². The van der Waals surface area contributed by atoms with E-state index < -0.39 is 0 Å². The summed E-state index contributed by atoms with van der Waals surface area (Å²) >= 11 is 0. The second-order valence-corrected chi connectivity index (χ2v) is 7.43. The molecule has 3 amide bonds. The quantitative estimate of drug-likeness (QED) is 0.697. The van der Waals surface area contributed by atoms with E-state index in [-0.39, 0.29) is 18.5 Å². The molecule has 0 saturated carbocycles. The fourth-order valence-electron chi connectivity index (χ4n) is 3.86. The Balaban J connectivity index is 1.31. The number of carbonyl (C=O) groups is 2. The lowest BCUT2D eigenvalue weighted by atomic mass is 10.0. The average molecular weight is 390 g/mol.